The molecule has 0 fully saturated rings. The second-order valence-electron chi connectivity index (χ2n) is 5.35. The van der Waals surface area contributed by atoms with Gasteiger partial charge in [-0.3, -0.25) is 4.79 Å². The summed E-state index contributed by atoms with van der Waals surface area (Å²) in [5.41, 5.74) is -0.555. The van der Waals surface area contributed by atoms with Crippen LogP contribution in [0, 0.1) is 0 Å². The molecule has 2 atom stereocenters. The van der Waals surface area contributed by atoms with E-state index in [1.807, 2.05) is 6.92 Å². The maximum absolute atomic E-state index is 12.3. The zero-order valence-electron chi connectivity index (χ0n) is 13.6. The summed E-state index contributed by atoms with van der Waals surface area (Å²) in [5, 5.41) is 0. The fraction of sp³-hybridized carbons (Fsp3) is 0.562. The zero-order chi connectivity index (χ0) is 17.2. The molecular weight excluding hydrogens is 304 g/mol. The number of Topliss-reactive ketones (excluding diaryl/α,β-unsaturated/α-hetero) is 1. The van der Waals surface area contributed by atoms with Gasteiger partial charge in [-0.25, -0.2) is 9.59 Å². The number of rotatable bonds is 7. The highest BCUT2D eigenvalue weighted by Gasteiger charge is 2.58. The average molecular weight is 324 g/mol. The molecular formula is C16H20O7. The van der Waals surface area contributed by atoms with Crippen LogP contribution in [-0.2, 0) is 33.3 Å². The van der Waals surface area contributed by atoms with E-state index in [0.717, 1.165) is 0 Å². The van der Waals surface area contributed by atoms with Gasteiger partial charge in [-0.2, -0.15) is 0 Å². The third-order valence-corrected chi connectivity index (χ3v) is 3.91. The number of hydrogen-bond donors (Lipinski definition) is 0. The van der Waals surface area contributed by atoms with Gasteiger partial charge in [0.15, 0.2) is 0 Å². The third kappa shape index (κ3) is 2.82. The molecule has 23 heavy (non-hydrogen) atoms. The molecule has 0 saturated carbocycles. The van der Waals surface area contributed by atoms with Gasteiger partial charge in [0.25, 0.3) is 0 Å². The molecule has 0 aromatic heterocycles. The molecule has 0 aliphatic carbocycles. The van der Waals surface area contributed by atoms with E-state index in [0.29, 0.717) is 12.2 Å². The van der Waals surface area contributed by atoms with Crippen molar-refractivity contribution in [2.75, 3.05) is 27.4 Å². The SMILES string of the molecule is CCOCC1=CC2OC1(CC(C)=O)C(C(=O)OC)=C2C(=O)OC. The lowest BCUT2D eigenvalue weighted by Gasteiger charge is -2.30. The standard InChI is InChI=1S/C16H20O7/c1-5-22-8-10-6-11-12(14(18)20-3)13(15(19)21-4)16(10,23-11)7-9(2)17/h6,11H,5,7-8H2,1-4H3. The summed E-state index contributed by atoms with van der Waals surface area (Å²) in [7, 11) is 2.43. The number of ether oxygens (including phenoxy) is 4. The van der Waals surface area contributed by atoms with E-state index in [1.54, 1.807) is 6.08 Å². The predicted octanol–water partition coefficient (Wildman–Crippen LogP) is 0.722. The average Bonchev–Trinajstić information content (AvgIpc) is 3.02. The Morgan fingerprint density at radius 3 is 2.39 bits per heavy atom. The number of fused-ring (bicyclic) bond motifs is 2. The Kier molecular flexibility index (Phi) is 5.01. The van der Waals surface area contributed by atoms with Crippen molar-refractivity contribution in [2.45, 2.75) is 32.0 Å². The van der Waals surface area contributed by atoms with Crippen LogP contribution in [0.25, 0.3) is 0 Å². The van der Waals surface area contributed by atoms with Crippen molar-refractivity contribution in [3.05, 3.63) is 22.8 Å². The van der Waals surface area contributed by atoms with Crippen LogP contribution in [0.3, 0.4) is 0 Å². The largest absolute Gasteiger partial charge is 0.466 e. The smallest absolute Gasteiger partial charge is 0.337 e. The van der Waals surface area contributed by atoms with Gasteiger partial charge in [0, 0.05) is 13.0 Å². The maximum Gasteiger partial charge on any atom is 0.337 e. The molecule has 0 aromatic rings. The second-order valence-corrected chi connectivity index (χ2v) is 5.35. The Balaban J connectivity index is 2.55. The lowest BCUT2D eigenvalue weighted by molar-refractivity contribution is -0.140. The molecule has 2 rings (SSSR count). The van der Waals surface area contributed by atoms with E-state index in [4.69, 9.17) is 18.9 Å². The van der Waals surface area contributed by atoms with Gasteiger partial charge < -0.3 is 18.9 Å². The monoisotopic (exact) mass is 324 g/mol. The second kappa shape index (κ2) is 6.64. The van der Waals surface area contributed by atoms with Gasteiger partial charge >= 0.3 is 11.9 Å². The Morgan fingerprint density at radius 2 is 1.87 bits per heavy atom. The lowest BCUT2D eigenvalue weighted by atomic mass is 9.78. The highest BCUT2D eigenvalue weighted by atomic mass is 16.6. The number of hydrogen-bond acceptors (Lipinski definition) is 7. The van der Waals surface area contributed by atoms with Crippen LogP contribution in [0.2, 0.25) is 0 Å². The Bertz CT molecular complexity index is 602. The summed E-state index contributed by atoms with van der Waals surface area (Å²) in [4.78, 5) is 36.1. The van der Waals surface area contributed by atoms with E-state index < -0.39 is 23.6 Å². The van der Waals surface area contributed by atoms with E-state index in [9.17, 15) is 14.4 Å². The van der Waals surface area contributed by atoms with E-state index in [2.05, 4.69) is 0 Å². The van der Waals surface area contributed by atoms with E-state index in [-0.39, 0.29) is 30.0 Å². The number of carbonyl (C=O) groups excluding carboxylic acids is 3. The van der Waals surface area contributed by atoms with Crippen LogP contribution in [-0.4, -0.2) is 56.9 Å². The fourth-order valence-electron chi connectivity index (χ4n) is 3.04. The molecule has 2 bridgehead atoms. The molecule has 2 unspecified atom stereocenters. The van der Waals surface area contributed by atoms with Crippen LogP contribution in [0.5, 0.6) is 0 Å². The molecule has 0 radical (unpaired) electrons. The van der Waals surface area contributed by atoms with Crippen LogP contribution < -0.4 is 0 Å². The van der Waals surface area contributed by atoms with Gasteiger partial charge in [0.2, 0.25) is 0 Å². The first-order valence-electron chi connectivity index (χ1n) is 7.28. The molecule has 2 heterocycles. The topological polar surface area (TPSA) is 88.1 Å². The van der Waals surface area contributed by atoms with Crippen molar-refractivity contribution in [1.82, 2.24) is 0 Å². The van der Waals surface area contributed by atoms with Crippen LogP contribution in [0.15, 0.2) is 22.8 Å². The summed E-state index contributed by atoms with van der Waals surface area (Å²) in [6, 6.07) is 0. The molecule has 0 saturated heterocycles. The highest BCUT2D eigenvalue weighted by molar-refractivity contribution is 6.06. The molecule has 2 aliphatic rings. The van der Waals surface area contributed by atoms with Crippen molar-refractivity contribution in [2.24, 2.45) is 0 Å². The molecule has 2 aliphatic heterocycles. The van der Waals surface area contributed by atoms with Gasteiger partial charge in [0.05, 0.1) is 32.0 Å². The van der Waals surface area contributed by atoms with Crippen molar-refractivity contribution < 1.29 is 33.3 Å². The van der Waals surface area contributed by atoms with Crippen molar-refractivity contribution in [3.8, 4) is 0 Å². The number of carbonyl (C=O) groups is 3. The number of methoxy groups -OCH3 is 2. The highest BCUT2D eigenvalue weighted by Crippen LogP contribution is 2.50. The molecule has 0 amide bonds. The van der Waals surface area contributed by atoms with Gasteiger partial charge in [-0.15, -0.1) is 0 Å². The quantitative estimate of drug-likeness (QED) is 0.503. The Hall–Kier alpha value is -1.99. The normalized spacial score (nSPS) is 25.4. The Labute approximate surface area is 134 Å². The Morgan fingerprint density at radius 1 is 1.22 bits per heavy atom. The van der Waals surface area contributed by atoms with Crippen LogP contribution in [0.4, 0.5) is 0 Å². The summed E-state index contributed by atoms with van der Waals surface area (Å²) in [5.74, 6) is -1.57. The fourth-order valence-corrected chi connectivity index (χ4v) is 3.04. The minimum atomic E-state index is -1.32. The first kappa shape index (κ1) is 17.4. The molecule has 0 spiro atoms. The third-order valence-electron chi connectivity index (χ3n) is 3.91. The van der Waals surface area contributed by atoms with E-state index in [1.165, 1.54) is 21.1 Å². The molecule has 0 N–H and O–H groups in total. The van der Waals surface area contributed by atoms with Gasteiger partial charge in [-0.05, 0) is 25.5 Å². The minimum absolute atomic E-state index is 0.0317. The summed E-state index contributed by atoms with van der Waals surface area (Å²) in [6.45, 7) is 3.91. The van der Waals surface area contributed by atoms with E-state index >= 15 is 0 Å². The predicted molar refractivity (Wildman–Crippen MR) is 78.5 cm³/mol. The summed E-state index contributed by atoms with van der Waals surface area (Å²) >= 11 is 0. The first-order chi connectivity index (χ1) is 10.9. The van der Waals surface area contributed by atoms with Crippen molar-refractivity contribution >= 4 is 17.7 Å². The maximum atomic E-state index is 12.3. The van der Waals surface area contributed by atoms with Gasteiger partial charge in [-0.1, -0.05) is 0 Å². The zero-order valence-corrected chi connectivity index (χ0v) is 13.6. The molecule has 126 valence electrons. The van der Waals surface area contributed by atoms with Crippen LogP contribution in [0.1, 0.15) is 20.3 Å². The summed E-state index contributed by atoms with van der Waals surface area (Å²) < 4.78 is 20.8. The van der Waals surface area contributed by atoms with Gasteiger partial charge in [0.1, 0.15) is 17.5 Å². The minimum Gasteiger partial charge on any atom is -0.466 e. The summed E-state index contributed by atoms with van der Waals surface area (Å²) in [6.07, 6.45) is 0.885. The molecule has 7 nitrogen and oxygen atoms in total. The molecule has 0 aromatic carbocycles. The number of ketones is 1. The van der Waals surface area contributed by atoms with Crippen molar-refractivity contribution in [1.29, 1.82) is 0 Å². The first-order valence-corrected chi connectivity index (χ1v) is 7.28. The van der Waals surface area contributed by atoms with Crippen LogP contribution >= 0.6 is 0 Å². The van der Waals surface area contributed by atoms with Crippen molar-refractivity contribution in [3.63, 3.8) is 0 Å². The number of esters is 2. The lowest BCUT2D eigenvalue weighted by Crippen LogP contribution is -2.39. The molecule has 7 heteroatoms.